The maximum atomic E-state index is 13.1. The summed E-state index contributed by atoms with van der Waals surface area (Å²) in [5, 5.41) is 2.70. The van der Waals surface area contributed by atoms with E-state index < -0.39 is 36.1 Å². The lowest BCUT2D eigenvalue weighted by atomic mass is 10.0. The van der Waals surface area contributed by atoms with Gasteiger partial charge in [-0.15, -0.1) is 24.8 Å². The Morgan fingerprint density at radius 2 is 1.45 bits per heavy atom. The Bertz CT molecular complexity index is 1940. The molecule has 2 unspecified atom stereocenters. The van der Waals surface area contributed by atoms with Crippen molar-refractivity contribution < 1.29 is 42.9 Å². The molecule has 4 rings (SSSR count). The maximum absolute atomic E-state index is 13.1. The smallest absolute Gasteiger partial charge is 0.408 e. The number of rotatable bonds is 12. The molecule has 3 aromatic rings. The molecule has 16 heteroatoms. The van der Waals surface area contributed by atoms with E-state index in [0.29, 0.717) is 41.0 Å². The van der Waals surface area contributed by atoms with Gasteiger partial charge in [-0.05, 0) is 59.0 Å². The lowest BCUT2D eigenvalue weighted by Crippen LogP contribution is -2.42. The normalized spacial score (nSPS) is 13.9. The van der Waals surface area contributed by atoms with E-state index in [1.165, 1.54) is 25.3 Å². The van der Waals surface area contributed by atoms with E-state index in [1.807, 2.05) is 24.3 Å². The number of aromatic nitrogens is 1. The third-order valence-corrected chi connectivity index (χ3v) is 8.11. The topological polar surface area (TPSA) is 202 Å². The number of ether oxygens (including phenoxy) is 4. The summed E-state index contributed by atoms with van der Waals surface area (Å²) >= 11 is 0. The highest BCUT2D eigenvalue weighted by Crippen LogP contribution is 2.21. The van der Waals surface area contributed by atoms with Gasteiger partial charge >= 0.3 is 24.0 Å². The number of amides is 2. The summed E-state index contributed by atoms with van der Waals surface area (Å²) in [6.45, 7) is 0.102. The van der Waals surface area contributed by atoms with Crippen LogP contribution in [0.1, 0.15) is 46.2 Å². The standard InChI is InChI=1S/C39H41N5O9.2ClH/c1-50-36(46)22-31-18-28(5-3-15-52-37(47)21-30-13-14-42-34(41)20-30)17-29(19-31)6-4-16-53-39(49)43-32-23-33(38(48)51-2)44(25-32)35(45)12-11-26-7-9-27(24-40)10-8-26;;/h7-10,13-14,17-20,32-33H,11-12,15-16,21-25,40H2,1-2H3,(H2,41,42)(H,43,49);2*1H. The van der Waals surface area contributed by atoms with Gasteiger partial charge in [0.05, 0.1) is 33.1 Å². The van der Waals surface area contributed by atoms with Crippen molar-refractivity contribution in [2.75, 3.05) is 39.7 Å². The van der Waals surface area contributed by atoms with Crippen LogP contribution in [0.5, 0.6) is 0 Å². The number of pyridine rings is 1. The van der Waals surface area contributed by atoms with Crippen molar-refractivity contribution in [1.82, 2.24) is 15.2 Å². The number of benzene rings is 2. The van der Waals surface area contributed by atoms with Crippen LogP contribution in [0.3, 0.4) is 0 Å². The molecule has 5 N–H and O–H groups in total. The second-order valence-electron chi connectivity index (χ2n) is 12.0. The molecule has 1 aliphatic heterocycles. The summed E-state index contributed by atoms with van der Waals surface area (Å²) in [5.41, 5.74) is 15.5. The summed E-state index contributed by atoms with van der Waals surface area (Å²) in [4.78, 5) is 67.7. The van der Waals surface area contributed by atoms with Crippen molar-refractivity contribution in [2.45, 2.75) is 50.7 Å². The van der Waals surface area contributed by atoms with E-state index in [-0.39, 0.29) is 76.2 Å². The second kappa shape index (κ2) is 23.1. The molecule has 55 heavy (non-hydrogen) atoms. The van der Waals surface area contributed by atoms with Gasteiger partial charge in [-0.1, -0.05) is 47.9 Å². The van der Waals surface area contributed by atoms with Crippen LogP contribution in [0.15, 0.2) is 60.8 Å². The summed E-state index contributed by atoms with van der Waals surface area (Å²) in [6, 6.07) is 14.6. The Hall–Kier alpha value is -5.80. The minimum Gasteiger partial charge on any atom is -0.469 e. The molecule has 14 nitrogen and oxygen atoms in total. The Balaban J connectivity index is 0.00000523. The van der Waals surface area contributed by atoms with Crippen LogP contribution in [0.2, 0.25) is 0 Å². The van der Waals surface area contributed by atoms with E-state index in [0.717, 1.165) is 11.1 Å². The molecular formula is C39H43Cl2N5O9. The van der Waals surface area contributed by atoms with Gasteiger partial charge in [0.25, 0.3) is 0 Å². The molecule has 2 atom stereocenters. The van der Waals surface area contributed by atoms with Crippen LogP contribution in [0.4, 0.5) is 10.6 Å². The van der Waals surface area contributed by atoms with Crippen molar-refractivity contribution in [3.05, 3.63) is 94.2 Å². The Morgan fingerprint density at radius 1 is 0.818 bits per heavy atom. The molecular weight excluding hydrogens is 753 g/mol. The third kappa shape index (κ3) is 14.9. The number of nitrogen functional groups attached to an aromatic ring is 1. The summed E-state index contributed by atoms with van der Waals surface area (Å²) in [5.74, 6) is 9.90. The van der Waals surface area contributed by atoms with Gasteiger partial charge in [0.15, 0.2) is 13.2 Å². The molecule has 1 aromatic heterocycles. The van der Waals surface area contributed by atoms with Gasteiger partial charge in [0.1, 0.15) is 11.9 Å². The number of nitrogens with zero attached hydrogens (tertiary/aromatic N) is 2. The maximum Gasteiger partial charge on any atom is 0.408 e. The fourth-order valence-electron chi connectivity index (χ4n) is 5.51. The van der Waals surface area contributed by atoms with Gasteiger partial charge in [-0.2, -0.15) is 0 Å². The molecule has 0 saturated carbocycles. The molecule has 292 valence electrons. The number of carbonyl (C=O) groups is 5. The molecule has 2 amide bonds. The molecule has 0 radical (unpaired) electrons. The van der Waals surface area contributed by atoms with Crippen LogP contribution < -0.4 is 16.8 Å². The Morgan fingerprint density at radius 3 is 2.07 bits per heavy atom. The van der Waals surface area contributed by atoms with Crippen molar-refractivity contribution in [3.63, 3.8) is 0 Å². The van der Waals surface area contributed by atoms with Gasteiger partial charge in [-0.3, -0.25) is 14.4 Å². The summed E-state index contributed by atoms with van der Waals surface area (Å²) < 4.78 is 20.1. The van der Waals surface area contributed by atoms with Crippen LogP contribution >= 0.6 is 24.8 Å². The van der Waals surface area contributed by atoms with Gasteiger partial charge in [0, 0.05) is 43.3 Å². The predicted octanol–water partition coefficient (Wildman–Crippen LogP) is 2.67. The van der Waals surface area contributed by atoms with Crippen molar-refractivity contribution in [1.29, 1.82) is 0 Å². The SMILES string of the molecule is COC(=O)Cc1cc(C#CCOC(=O)Cc2ccnc(N)c2)cc(C#CCOC(=O)NC2CC(C(=O)OC)N(C(=O)CCc3ccc(CN)cc3)C2)c1.Cl.Cl. The average molecular weight is 797 g/mol. The zero-order chi connectivity index (χ0) is 38.2. The highest BCUT2D eigenvalue weighted by Gasteiger charge is 2.40. The van der Waals surface area contributed by atoms with Crippen LogP contribution in [-0.4, -0.2) is 85.9 Å². The van der Waals surface area contributed by atoms with E-state index in [2.05, 4.69) is 34.0 Å². The average Bonchev–Trinajstić information content (AvgIpc) is 3.57. The van der Waals surface area contributed by atoms with E-state index in [4.69, 9.17) is 30.4 Å². The third-order valence-electron chi connectivity index (χ3n) is 8.11. The van der Waals surface area contributed by atoms with E-state index in [1.54, 1.807) is 30.3 Å². The number of alkyl carbamates (subject to hydrolysis) is 1. The largest absolute Gasteiger partial charge is 0.469 e. The summed E-state index contributed by atoms with van der Waals surface area (Å²) in [7, 11) is 2.53. The number of esters is 3. The number of aryl methyl sites for hydroxylation is 1. The minimum atomic E-state index is -0.842. The minimum absolute atomic E-state index is 0. The first-order valence-electron chi connectivity index (χ1n) is 16.7. The molecule has 0 bridgehead atoms. The number of anilines is 1. The quantitative estimate of drug-likeness (QED) is 0.138. The highest BCUT2D eigenvalue weighted by atomic mass is 35.5. The molecule has 1 aliphatic rings. The zero-order valence-electron chi connectivity index (χ0n) is 30.3. The number of hydrogen-bond acceptors (Lipinski definition) is 12. The number of methoxy groups -OCH3 is 2. The fraction of sp³-hybridized carbons (Fsp3) is 0.333. The van der Waals surface area contributed by atoms with Gasteiger partial charge < -0.3 is 40.6 Å². The van der Waals surface area contributed by atoms with Crippen molar-refractivity contribution in [3.8, 4) is 23.7 Å². The molecule has 1 saturated heterocycles. The predicted molar refractivity (Wildman–Crippen MR) is 207 cm³/mol. The van der Waals surface area contributed by atoms with E-state index in [9.17, 15) is 24.0 Å². The van der Waals surface area contributed by atoms with Crippen LogP contribution in [-0.2, 0) is 63.9 Å². The monoisotopic (exact) mass is 795 g/mol. The van der Waals surface area contributed by atoms with Crippen molar-refractivity contribution in [2.24, 2.45) is 5.73 Å². The van der Waals surface area contributed by atoms with Gasteiger partial charge in [0.2, 0.25) is 5.91 Å². The molecule has 2 heterocycles. The first kappa shape index (κ1) is 45.4. The number of halogens is 2. The molecule has 0 aliphatic carbocycles. The second-order valence-corrected chi connectivity index (χ2v) is 12.0. The number of nitrogens with one attached hydrogen (secondary N) is 1. The number of hydrogen-bond donors (Lipinski definition) is 3. The lowest BCUT2D eigenvalue weighted by Gasteiger charge is -2.22. The molecule has 1 fully saturated rings. The molecule has 0 spiro atoms. The first-order chi connectivity index (χ1) is 25.6. The van der Waals surface area contributed by atoms with Crippen molar-refractivity contribution >= 4 is 60.5 Å². The number of nitrogens with two attached hydrogens (primary N) is 2. The highest BCUT2D eigenvalue weighted by molar-refractivity contribution is 5.86. The van der Waals surface area contributed by atoms with Crippen LogP contribution in [0, 0.1) is 23.7 Å². The lowest BCUT2D eigenvalue weighted by molar-refractivity contribution is -0.150. The van der Waals surface area contributed by atoms with E-state index >= 15 is 0 Å². The number of carbonyl (C=O) groups excluding carboxylic acids is 5. The fourth-order valence-corrected chi connectivity index (χ4v) is 5.51. The van der Waals surface area contributed by atoms with Crippen LogP contribution in [0.25, 0.3) is 0 Å². The first-order valence-corrected chi connectivity index (χ1v) is 16.7. The zero-order valence-corrected chi connectivity index (χ0v) is 32.0. The Labute approximate surface area is 331 Å². The molecule has 2 aromatic carbocycles. The Kier molecular flexibility index (Phi) is 19.0. The summed E-state index contributed by atoms with van der Waals surface area (Å²) in [6.07, 6.45) is 1.54. The van der Waals surface area contributed by atoms with Gasteiger partial charge in [-0.25, -0.2) is 14.6 Å². The number of likely N-dealkylation sites (tertiary alicyclic amines) is 1.